The summed E-state index contributed by atoms with van der Waals surface area (Å²) in [6.45, 7) is 4.42. The summed E-state index contributed by atoms with van der Waals surface area (Å²) in [5.41, 5.74) is 1.21. The van der Waals surface area contributed by atoms with Gasteiger partial charge in [0.15, 0.2) is 0 Å². The molecule has 0 unspecified atom stereocenters. The SMILES string of the molecule is COc1cc(C)nc(N2CCCN(C(=O)c3cccc(F)c3)CC2)n1. The van der Waals surface area contributed by atoms with Crippen LogP contribution in [0.4, 0.5) is 10.3 Å². The molecule has 0 saturated carbocycles. The van der Waals surface area contributed by atoms with E-state index in [2.05, 4.69) is 9.97 Å². The molecule has 3 rings (SSSR count). The molecule has 0 N–H and O–H groups in total. The number of anilines is 1. The molecule has 0 bridgehead atoms. The first kappa shape index (κ1) is 17.1. The van der Waals surface area contributed by atoms with E-state index in [4.69, 9.17) is 4.74 Å². The van der Waals surface area contributed by atoms with Gasteiger partial charge in [-0.3, -0.25) is 4.79 Å². The average Bonchev–Trinajstić information content (AvgIpc) is 2.86. The topological polar surface area (TPSA) is 58.6 Å². The van der Waals surface area contributed by atoms with Gasteiger partial charge in [0, 0.05) is 43.5 Å². The van der Waals surface area contributed by atoms with Crippen molar-refractivity contribution in [1.29, 1.82) is 0 Å². The van der Waals surface area contributed by atoms with Gasteiger partial charge in [-0.25, -0.2) is 9.37 Å². The molecule has 1 aliphatic rings. The molecule has 1 aliphatic heterocycles. The number of aromatic nitrogens is 2. The largest absolute Gasteiger partial charge is 0.481 e. The first-order chi connectivity index (χ1) is 12.1. The number of amides is 1. The Bertz CT molecular complexity index is 768. The van der Waals surface area contributed by atoms with E-state index in [1.807, 2.05) is 11.8 Å². The normalized spacial score (nSPS) is 15.0. The molecule has 25 heavy (non-hydrogen) atoms. The van der Waals surface area contributed by atoms with Gasteiger partial charge in [0.25, 0.3) is 5.91 Å². The van der Waals surface area contributed by atoms with E-state index < -0.39 is 5.82 Å². The number of carbonyl (C=O) groups is 1. The number of carbonyl (C=O) groups excluding carboxylic acids is 1. The number of methoxy groups -OCH3 is 1. The van der Waals surface area contributed by atoms with Crippen LogP contribution >= 0.6 is 0 Å². The maximum atomic E-state index is 13.4. The molecule has 0 atom stereocenters. The molecule has 2 heterocycles. The van der Waals surface area contributed by atoms with Crippen molar-refractivity contribution in [2.24, 2.45) is 0 Å². The molecule has 1 saturated heterocycles. The van der Waals surface area contributed by atoms with Crippen LogP contribution in [-0.4, -0.2) is 54.1 Å². The number of aryl methyl sites for hydroxylation is 1. The van der Waals surface area contributed by atoms with Gasteiger partial charge in [0.05, 0.1) is 7.11 Å². The zero-order valence-electron chi connectivity index (χ0n) is 14.4. The molecule has 0 radical (unpaired) electrons. The summed E-state index contributed by atoms with van der Waals surface area (Å²) in [6.07, 6.45) is 0.792. The number of ether oxygens (including phenoxy) is 1. The van der Waals surface area contributed by atoms with Gasteiger partial charge in [-0.2, -0.15) is 4.98 Å². The Morgan fingerprint density at radius 2 is 2.00 bits per heavy atom. The lowest BCUT2D eigenvalue weighted by Gasteiger charge is -2.22. The van der Waals surface area contributed by atoms with Crippen LogP contribution in [0.2, 0.25) is 0 Å². The molecule has 132 valence electrons. The van der Waals surface area contributed by atoms with E-state index in [0.717, 1.165) is 18.7 Å². The monoisotopic (exact) mass is 344 g/mol. The highest BCUT2D eigenvalue weighted by molar-refractivity contribution is 5.94. The molecule has 0 spiro atoms. The number of nitrogens with zero attached hydrogens (tertiary/aromatic N) is 4. The third kappa shape index (κ3) is 4.04. The summed E-state index contributed by atoms with van der Waals surface area (Å²) in [4.78, 5) is 25.3. The molecule has 7 heteroatoms. The quantitative estimate of drug-likeness (QED) is 0.855. The van der Waals surface area contributed by atoms with Gasteiger partial charge in [-0.1, -0.05) is 6.07 Å². The molecular weight excluding hydrogens is 323 g/mol. The average molecular weight is 344 g/mol. The number of halogens is 1. The molecule has 1 amide bonds. The minimum Gasteiger partial charge on any atom is -0.481 e. The lowest BCUT2D eigenvalue weighted by molar-refractivity contribution is 0.0766. The van der Waals surface area contributed by atoms with Crippen molar-refractivity contribution in [1.82, 2.24) is 14.9 Å². The molecule has 2 aromatic rings. The second kappa shape index (κ2) is 7.46. The lowest BCUT2D eigenvalue weighted by atomic mass is 10.2. The fraction of sp³-hybridized carbons (Fsp3) is 0.389. The Balaban J connectivity index is 1.72. The summed E-state index contributed by atoms with van der Waals surface area (Å²) < 4.78 is 18.6. The van der Waals surface area contributed by atoms with E-state index in [1.54, 1.807) is 30.2 Å². The molecule has 1 aromatic heterocycles. The van der Waals surface area contributed by atoms with Gasteiger partial charge in [0.2, 0.25) is 11.8 Å². The summed E-state index contributed by atoms with van der Waals surface area (Å²) in [5, 5.41) is 0. The zero-order valence-corrected chi connectivity index (χ0v) is 14.4. The van der Waals surface area contributed by atoms with Crippen LogP contribution in [0.1, 0.15) is 22.5 Å². The van der Waals surface area contributed by atoms with Gasteiger partial charge in [0.1, 0.15) is 5.82 Å². The molecule has 6 nitrogen and oxygen atoms in total. The second-order valence-corrected chi connectivity index (χ2v) is 5.99. The summed E-state index contributed by atoms with van der Waals surface area (Å²) >= 11 is 0. The van der Waals surface area contributed by atoms with E-state index in [1.165, 1.54) is 12.1 Å². The lowest BCUT2D eigenvalue weighted by Crippen LogP contribution is -2.35. The van der Waals surface area contributed by atoms with Crippen molar-refractivity contribution in [3.8, 4) is 5.88 Å². The molecule has 1 fully saturated rings. The van der Waals surface area contributed by atoms with Crippen molar-refractivity contribution >= 4 is 11.9 Å². The van der Waals surface area contributed by atoms with Crippen LogP contribution < -0.4 is 9.64 Å². The molecule has 1 aromatic carbocycles. The Kier molecular flexibility index (Phi) is 5.11. The third-order valence-electron chi connectivity index (χ3n) is 4.17. The van der Waals surface area contributed by atoms with E-state index >= 15 is 0 Å². The van der Waals surface area contributed by atoms with Gasteiger partial charge < -0.3 is 14.5 Å². The first-order valence-corrected chi connectivity index (χ1v) is 8.26. The Morgan fingerprint density at radius 3 is 2.76 bits per heavy atom. The highest BCUT2D eigenvalue weighted by atomic mass is 19.1. The predicted octanol–water partition coefficient (Wildman–Crippen LogP) is 2.29. The van der Waals surface area contributed by atoms with Crippen LogP contribution in [0.5, 0.6) is 5.88 Å². The number of hydrogen-bond donors (Lipinski definition) is 0. The van der Waals surface area contributed by atoms with E-state index in [9.17, 15) is 9.18 Å². The smallest absolute Gasteiger partial charge is 0.254 e. The molecule has 0 aliphatic carbocycles. The first-order valence-electron chi connectivity index (χ1n) is 8.26. The van der Waals surface area contributed by atoms with Crippen molar-refractivity contribution in [3.63, 3.8) is 0 Å². The zero-order chi connectivity index (χ0) is 17.8. The Hall–Kier alpha value is -2.70. The van der Waals surface area contributed by atoms with Gasteiger partial charge >= 0.3 is 0 Å². The third-order valence-corrected chi connectivity index (χ3v) is 4.17. The number of hydrogen-bond acceptors (Lipinski definition) is 5. The predicted molar refractivity (Wildman–Crippen MR) is 92.5 cm³/mol. The van der Waals surface area contributed by atoms with Crippen LogP contribution in [0, 0.1) is 12.7 Å². The van der Waals surface area contributed by atoms with Crippen LogP contribution in [-0.2, 0) is 0 Å². The fourth-order valence-electron chi connectivity index (χ4n) is 2.90. The number of rotatable bonds is 3. The second-order valence-electron chi connectivity index (χ2n) is 5.99. The van der Waals surface area contributed by atoms with Crippen molar-refractivity contribution in [3.05, 3.63) is 47.4 Å². The number of benzene rings is 1. The van der Waals surface area contributed by atoms with Gasteiger partial charge in [-0.15, -0.1) is 0 Å². The van der Waals surface area contributed by atoms with Crippen molar-refractivity contribution in [2.45, 2.75) is 13.3 Å². The maximum Gasteiger partial charge on any atom is 0.254 e. The van der Waals surface area contributed by atoms with Crippen LogP contribution in [0.25, 0.3) is 0 Å². The summed E-state index contributed by atoms with van der Waals surface area (Å²) in [6, 6.07) is 7.59. The standard InChI is InChI=1S/C18H21FN4O2/c1-13-11-16(25-2)21-18(20-13)23-8-4-7-22(9-10-23)17(24)14-5-3-6-15(19)12-14/h3,5-6,11-12H,4,7-10H2,1-2H3. The van der Waals surface area contributed by atoms with Gasteiger partial charge in [-0.05, 0) is 31.5 Å². The fourth-order valence-corrected chi connectivity index (χ4v) is 2.90. The summed E-state index contributed by atoms with van der Waals surface area (Å²) in [7, 11) is 1.58. The summed E-state index contributed by atoms with van der Waals surface area (Å²) in [5.74, 6) is 0.586. The Labute approximate surface area is 146 Å². The highest BCUT2D eigenvalue weighted by Gasteiger charge is 2.22. The van der Waals surface area contributed by atoms with Crippen LogP contribution in [0.3, 0.4) is 0 Å². The minimum atomic E-state index is -0.400. The minimum absolute atomic E-state index is 0.149. The van der Waals surface area contributed by atoms with Crippen molar-refractivity contribution in [2.75, 3.05) is 38.2 Å². The maximum absolute atomic E-state index is 13.4. The van der Waals surface area contributed by atoms with Crippen molar-refractivity contribution < 1.29 is 13.9 Å². The molecular formula is C18H21FN4O2. The highest BCUT2D eigenvalue weighted by Crippen LogP contribution is 2.18. The van der Waals surface area contributed by atoms with E-state index in [0.29, 0.717) is 37.0 Å². The van der Waals surface area contributed by atoms with E-state index in [-0.39, 0.29) is 5.91 Å². The van der Waals surface area contributed by atoms with Crippen LogP contribution in [0.15, 0.2) is 30.3 Å². The Morgan fingerprint density at radius 1 is 1.16 bits per heavy atom.